The number of hydrogen-bond acceptors (Lipinski definition) is 5. The van der Waals surface area contributed by atoms with Gasteiger partial charge in [-0.2, -0.15) is 0 Å². The summed E-state index contributed by atoms with van der Waals surface area (Å²) in [5.74, 6) is -0.397. The van der Waals surface area contributed by atoms with Gasteiger partial charge < -0.3 is 14.8 Å². The average molecular weight is 448 g/mol. The number of benzene rings is 2. The molecule has 1 fully saturated rings. The molecule has 1 aliphatic carbocycles. The predicted octanol–water partition coefficient (Wildman–Crippen LogP) is 5.13. The van der Waals surface area contributed by atoms with Gasteiger partial charge in [-0.1, -0.05) is 23.7 Å². The Hall–Kier alpha value is -2.64. The third-order valence-corrected chi connectivity index (χ3v) is 6.63. The third-order valence-electron chi connectivity index (χ3n) is 5.00. The molecule has 0 saturated heterocycles. The van der Waals surface area contributed by atoms with Crippen LogP contribution < -0.4 is 10.1 Å². The molecule has 1 aromatic heterocycles. The lowest BCUT2D eigenvalue weighted by Gasteiger charge is -2.19. The molecule has 1 amide bonds. The van der Waals surface area contributed by atoms with Crippen LogP contribution in [0.5, 0.6) is 5.75 Å². The minimum absolute atomic E-state index is 0.141. The van der Waals surface area contributed by atoms with E-state index in [1.807, 2.05) is 24.3 Å². The minimum Gasteiger partial charge on any atom is -0.497 e. The molecule has 1 heterocycles. The highest BCUT2D eigenvalue weighted by Crippen LogP contribution is 2.41. The van der Waals surface area contributed by atoms with Crippen molar-refractivity contribution in [3.63, 3.8) is 0 Å². The van der Waals surface area contributed by atoms with Gasteiger partial charge in [0.25, 0.3) is 5.91 Å². The van der Waals surface area contributed by atoms with Gasteiger partial charge in [0.1, 0.15) is 16.4 Å². The number of nitrogens with one attached hydrogen (secondary N) is 1. The lowest BCUT2D eigenvalue weighted by Crippen LogP contribution is -2.33. The van der Waals surface area contributed by atoms with E-state index in [0.717, 1.165) is 35.5 Å². The van der Waals surface area contributed by atoms with Crippen molar-refractivity contribution < 1.29 is 23.5 Å². The van der Waals surface area contributed by atoms with Crippen LogP contribution in [0.3, 0.4) is 0 Å². The van der Waals surface area contributed by atoms with Gasteiger partial charge in [-0.3, -0.25) is 4.79 Å². The number of carbonyl (C=O) groups is 2. The molecule has 1 N–H and O–H groups in total. The van der Waals surface area contributed by atoms with Crippen LogP contribution in [-0.4, -0.2) is 25.6 Å². The van der Waals surface area contributed by atoms with Gasteiger partial charge in [-0.25, -0.2) is 9.18 Å². The van der Waals surface area contributed by atoms with Gasteiger partial charge in [0, 0.05) is 10.1 Å². The van der Waals surface area contributed by atoms with Gasteiger partial charge in [0.2, 0.25) is 0 Å². The van der Waals surface area contributed by atoms with Crippen molar-refractivity contribution in [3.8, 4) is 5.75 Å². The van der Waals surface area contributed by atoms with Gasteiger partial charge >= 0.3 is 5.97 Å². The lowest BCUT2D eigenvalue weighted by molar-refractivity contribution is -0.125. The highest BCUT2D eigenvalue weighted by molar-refractivity contribution is 7.21. The van der Waals surface area contributed by atoms with Crippen molar-refractivity contribution in [2.24, 2.45) is 5.92 Å². The molecule has 1 saturated carbocycles. The van der Waals surface area contributed by atoms with Gasteiger partial charge in [0.05, 0.1) is 18.2 Å². The molecule has 5 nitrogen and oxygen atoms in total. The van der Waals surface area contributed by atoms with E-state index in [-0.39, 0.29) is 21.8 Å². The summed E-state index contributed by atoms with van der Waals surface area (Å²) in [5, 5.41) is 3.73. The Labute approximate surface area is 181 Å². The molecule has 0 aliphatic heterocycles. The number of amides is 1. The van der Waals surface area contributed by atoms with E-state index >= 15 is 0 Å². The first-order valence-electron chi connectivity index (χ1n) is 9.44. The smallest absolute Gasteiger partial charge is 0.350 e. The van der Waals surface area contributed by atoms with E-state index in [1.165, 1.54) is 18.2 Å². The quantitative estimate of drug-likeness (QED) is 0.510. The first-order valence-corrected chi connectivity index (χ1v) is 10.6. The molecule has 1 unspecified atom stereocenters. The molecule has 156 valence electrons. The van der Waals surface area contributed by atoms with E-state index < -0.39 is 18.4 Å². The molecular weight excluding hydrogens is 429 g/mol. The highest BCUT2D eigenvalue weighted by atomic mass is 35.5. The average Bonchev–Trinajstić information content (AvgIpc) is 3.54. The summed E-state index contributed by atoms with van der Waals surface area (Å²) in [6, 6.07) is 11.5. The summed E-state index contributed by atoms with van der Waals surface area (Å²) in [6.07, 6.45) is 2.06. The Bertz CT molecular complexity index is 1090. The molecule has 3 aromatic rings. The zero-order chi connectivity index (χ0) is 21.3. The Morgan fingerprint density at radius 3 is 2.63 bits per heavy atom. The highest BCUT2D eigenvalue weighted by Gasteiger charge is 2.33. The number of carbonyl (C=O) groups excluding carboxylic acids is 2. The van der Waals surface area contributed by atoms with E-state index in [9.17, 15) is 14.0 Å². The normalized spacial score (nSPS) is 14.4. The maximum Gasteiger partial charge on any atom is 0.350 e. The second-order valence-electron chi connectivity index (χ2n) is 7.12. The van der Waals surface area contributed by atoms with Gasteiger partial charge in [0.15, 0.2) is 6.61 Å². The van der Waals surface area contributed by atoms with Crippen LogP contribution in [0, 0.1) is 11.7 Å². The molecule has 1 atom stereocenters. The Balaban J connectivity index is 1.40. The first-order chi connectivity index (χ1) is 14.5. The summed E-state index contributed by atoms with van der Waals surface area (Å²) in [5.41, 5.74) is 0.979. The first kappa shape index (κ1) is 20.6. The van der Waals surface area contributed by atoms with Crippen molar-refractivity contribution >= 4 is 44.9 Å². The molecule has 30 heavy (non-hydrogen) atoms. The fourth-order valence-corrected chi connectivity index (χ4v) is 4.72. The maximum absolute atomic E-state index is 13.4. The summed E-state index contributed by atoms with van der Waals surface area (Å²) in [7, 11) is 1.60. The van der Waals surface area contributed by atoms with Crippen LogP contribution in [0.25, 0.3) is 10.1 Å². The largest absolute Gasteiger partial charge is 0.497 e. The number of ether oxygens (including phenoxy) is 2. The molecule has 0 spiro atoms. The fourth-order valence-electron chi connectivity index (χ4n) is 3.30. The summed E-state index contributed by atoms with van der Waals surface area (Å²) < 4.78 is 24.3. The second-order valence-corrected chi connectivity index (χ2v) is 8.55. The third kappa shape index (κ3) is 4.42. The lowest BCUT2D eigenvalue weighted by atomic mass is 10.0. The van der Waals surface area contributed by atoms with E-state index in [2.05, 4.69) is 5.32 Å². The van der Waals surface area contributed by atoms with Crippen LogP contribution in [0.1, 0.15) is 34.1 Å². The number of fused-ring (bicyclic) bond motifs is 1. The molecular formula is C22H19ClFNO4S. The van der Waals surface area contributed by atoms with Gasteiger partial charge in [-0.15, -0.1) is 11.3 Å². The number of hydrogen-bond donors (Lipinski definition) is 1. The zero-order valence-corrected chi connectivity index (χ0v) is 17.7. The molecule has 2 aromatic carbocycles. The Morgan fingerprint density at radius 2 is 1.97 bits per heavy atom. The van der Waals surface area contributed by atoms with Crippen LogP contribution >= 0.6 is 22.9 Å². The maximum atomic E-state index is 13.4. The SMILES string of the molecule is COc1ccc(C(NC(=O)COC(=O)c2sc3cc(F)ccc3c2Cl)C2CC2)cc1. The van der Waals surface area contributed by atoms with Crippen LogP contribution in [0.4, 0.5) is 4.39 Å². The summed E-state index contributed by atoms with van der Waals surface area (Å²) >= 11 is 7.27. The van der Waals surface area contributed by atoms with Crippen molar-refractivity contribution in [1.29, 1.82) is 0 Å². The monoisotopic (exact) mass is 447 g/mol. The molecule has 8 heteroatoms. The molecule has 1 aliphatic rings. The zero-order valence-electron chi connectivity index (χ0n) is 16.1. The van der Waals surface area contributed by atoms with Crippen molar-refractivity contribution in [3.05, 3.63) is 63.7 Å². The number of thiophene rings is 1. The number of esters is 1. The molecule has 0 radical (unpaired) electrons. The summed E-state index contributed by atoms with van der Waals surface area (Å²) in [6.45, 7) is -0.420. The van der Waals surface area contributed by atoms with Crippen LogP contribution in [0.15, 0.2) is 42.5 Å². The van der Waals surface area contributed by atoms with E-state index in [1.54, 1.807) is 7.11 Å². The topological polar surface area (TPSA) is 64.6 Å². The van der Waals surface area contributed by atoms with E-state index in [4.69, 9.17) is 21.1 Å². The number of methoxy groups -OCH3 is 1. The van der Waals surface area contributed by atoms with Crippen molar-refractivity contribution in [1.82, 2.24) is 5.32 Å². The standard InChI is InChI=1S/C22H19ClFNO4S/c1-28-15-7-4-13(5-8-15)20(12-2-3-12)25-18(26)11-29-22(27)21-19(23)16-9-6-14(24)10-17(16)30-21/h4-10,12,20H,2-3,11H2,1H3,(H,25,26). The van der Waals surface area contributed by atoms with Gasteiger partial charge in [-0.05, 0) is 54.7 Å². The molecule has 4 rings (SSSR count). The Morgan fingerprint density at radius 1 is 1.23 bits per heavy atom. The second kappa shape index (κ2) is 8.62. The van der Waals surface area contributed by atoms with Crippen molar-refractivity contribution in [2.45, 2.75) is 18.9 Å². The number of rotatable bonds is 7. The summed E-state index contributed by atoms with van der Waals surface area (Å²) in [4.78, 5) is 25.0. The minimum atomic E-state index is -0.704. The van der Waals surface area contributed by atoms with Crippen LogP contribution in [-0.2, 0) is 9.53 Å². The fraction of sp³-hybridized carbons (Fsp3) is 0.273. The van der Waals surface area contributed by atoms with Crippen LogP contribution in [0.2, 0.25) is 5.02 Å². The number of halogens is 2. The predicted molar refractivity (Wildman–Crippen MR) is 114 cm³/mol. The Kier molecular flexibility index (Phi) is 5.92. The molecule has 0 bridgehead atoms. The van der Waals surface area contributed by atoms with E-state index in [0.29, 0.717) is 16.0 Å². The van der Waals surface area contributed by atoms with Crippen molar-refractivity contribution in [2.75, 3.05) is 13.7 Å².